The number of ether oxygens (including phenoxy) is 1. The second kappa shape index (κ2) is 7.81. The van der Waals surface area contributed by atoms with Gasteiger partial charge in [-0.2, -0.15) is 0 Å². The van der Waals surface area contributed by atoms with E-state index in [-0.39, 0.29) is 39.2 Å². The summed E-state index contributed by atoms with van der Waals surface area (Å²) in [4.78, 5) is 28.5. The number of methoxy groups -OCH3 is 1. The van der Waals surface area contributed by atoms with E-state index in [1.165, 1.54) is 23.9 Å². The molecule has 0 spiro atoms. The maximum absolute atomic E-state index is 15.2. The summed E-state index contributed by atoms with van der Waals surface area (Å²) < 4.78 is 36.0. The molecule has 10 heteroatoms. The van der Waals surface area contributed by atoms with E-state index >= 15 is 4.39 Å². The Morgan fingerprint density at radius 2 is 2.16 bits per heavy atom. The minimum atomic E-state index is -1.48. The molecule has 2 heterocycles. The zero-order valence-corrected chi connectivity index (χ0v) is 17.3. The number of aromatic nitrogens is 2. The molecular formula is C21H18ClF2N3O4. The Morgan fingerprint density at radius 1 is 1.45 bits per heavy atom. The van der Waals surface area contributed by atoms with E-state index in [0.29, 0.717) is 12.4 Å². The molecule has 162 valence electrons. The van der Waals surface area contributed by atoms with Gasteiger partial charge in [0.05, 0.1) is 34.6 Å². The van der Waals surface area contributed by atoms with Gasteiger partial charge >= 0.3 is 5.97 Å². The van der Waals surface area contributed by atoms with Crippen molar-refractivity contribution in [1.29, 1.82) is 0 Å². The molecule has 1 aromatic carbocycles. The van der Waals surface area contributed by atoms with E-state index in [9.17, 15) is 19.1 Å². The summed E-state index contributed by atoms with van der Waals surface area (Å²) in [5, 5.41) is 12.4. The first kappa shape index (κ1) is 21.0. The van der Waals surface area contributed by atoms with Crippen molar-refractivity contribution >= 4 is 34.3 Å². The summed E-state index contributed by atoms with van der Waals surface area (Å²) >= 11 is 6.26. The number of rotatable bonds is 6. The maximum Gasteiger partial charge on any atom is 0.341 e. The minimum absolute atomic E-state index is 0.0141. The monoisotopic (exact) mass is 449 g/mol. The Bertz CT molecular complexity index is 1280. The molecule has 1 aliphatic carbocycles. The van der Waals surface area contributed by atoms with Crippen molar-refractivity contribution in [3.63, 3.8) is 0 Å². The molecule has 1 saturated carbocycles. The lowest BCUT2D eigenvalue weighted by Gasteiger charge is -2.18. The third-order valence-corrected chi connectivity index (χ3v) is 5.46. The Labute approximate surface area is 180 Å². The summed E-state index contributed by atoms with van der Waals surface area (Å²) in [6.45, 7) is 2.46. The van der Waals surface area contributed by atoms with Gasteiger partial charge in [0.2, 0.25) is 5.43 Å². The molecule has 1 fully saturated rings. The number of hydrogen-bond acceptors (Lipinski definition) is 5. The largest absolute Gasteiger partial charge is 0.494 e. The van der Waals surface area contributed by atoms with Crippen LogP contribution < -0.4 is 15.5 Å². The molecule has 0 aliphatic heterocycles. The number of fused-ring (bicyclic) bond motifs is 1. The fourth-order valence-corrected chi connectivity index (χ4v) is 3.88. The molecule has 1 unspecified atom stereocenters. The van der Waals surface area contributed by atoms with Gasteiger partial charge in [-0.25, -0.2) is 18.6 Å². The Kier molecular flexibility index (Phi) is 5.30. The number of carboxylic acid groups (broad SMARTS) is 1. The van der Waals surface area contributed by atoms with Crippen molar-refractivity contribution in [1.82, 2.24) is 9.55 Å². The van der Waals surface area contributed by atoms with E-state index in [0.717, 1.165) is 12.3 Å². The van der Waals surface area contributed by atoms with Crippen molar-refractivity contribution < 1.29 is 23.4 Å². The predicted molar refractivity (Wildman–Crippen MR) is 113 cm³/mol. The lowest BCUT2D eigenvalue weighted by Crippen LogP contribution is -2.20. The summed E-state index contributed by atoms with van der Waals surface area (Å²) in [5.41, 5.74) is -1.06. The van der Waals surface area contributed by atoms with Gasteiger partial charge in [-0.05, 0) is 19.1 Å². The third-order valence-electron chi connectivity index (χ3n) is 5.17. The molecular weight excluding hydrogens is 432 g/mol. The van der Waals surface area contributed by atoms with E-state index in [4.69, 9.17) is 16.3 Å². The molecule has 2 N–H and O–H groups in total. The zero-order valence-electron chi connectivity index (χ0n) is 16.6. The van der Waals surface area contributed by atoms with Crippen LogP contribution in [0.5, 0.6) is 5.75 Å². The molecule has 0 radical (unpaired) electrons. The average molecular weight is 450 g/mol. The Morgan fingerprint density at radius 3 is 2.71 bits per heavy atom. The third kappa shape index (κ3) is 3.48. The summed E-state index contributed by atoms with van der Waals surface area (Å²) in [7, 11) is 1.29. The molecule has 0 bridgehead atoms. The van der Waals surface area contributed by atoms with Crippen LogP contribution in [0.4, 0.5) is 14.6 Å². The number of carbonyl (C=O) groups is 1. The fraction of sp³-hybridized carbons (Fsp3) is 0.286. The summed E-state index contributed by atoms with van der Waals surface area (Å²) in [6, 6.07) is 1.77. The van der Waals surface area contributed by atoms with Crippen LogP contribution in [0.3, 0.4) is 0 Å². The van der Waals surface area contributed by atoms with Crippen molar-refractivity contribution in [2.24, 2.45) is 0 Å². The van der Waals surface area contributed by atoms with Gasteiger partial charge in [0.1, 0.15) is 23.4 Å². The molecule has 3 aromatic rings. The van der Waals surface area contributed by atoms with Crippen LogP contribution in [0.1, 0.15) is 29.7 Å². The van der Waals surface area contributed by atoms with Crippen LogP contribution in [-0.4, -0.2) is 40.5 Å². The second-order valence-corrected chi connectivity index (χ2v) is 7.56. The number of hydrogen-bond donors (Lipinski definition) is 2. The van der Waals surface area contributed by atoms with Crippen LogP contribution in [0, 0.1) is 5.82 Å². The number of alkyl halides is 1. The van der Waals surface area contributed by atoms with E-state index in [1.54, 1.807) is 0 Å². The van der Waals surface area contributed by atoms with Crippen LogP contribution in [-0.2, 0) is 0 Å². The smallest absolute Gasteiger partial charge is 0.341 e. The highest BCUT2D eigenvalue weighted by atomic mass is 35.5. The predicted octanol–water partition coefficient (Wildman–Crippen LogP) is 4.28. The van der Waals surface area contributed by atoms with Gasteiger partial charge < -0.3 is 19.7 Å². The van der Waals surface area contributed by atoms with E-state index in [2.05, 4.69) is 10.3 Å². The number of nitrogens with zero attached hydrogens (tertiary/aromatic N) is 2. The van der Waals surface area contributed by atoms with Crippen LogP contribution >= 0.6 is 11.6 Å². The highest BCUT2D eigenvalue weighted by Gasteiger charge is 2.41. The molecule has 2 atom stereocenters. The Hall–Kier alpha value is -3.20. The fourth-order valence-electron chi connectivity index (χ4n) is 3.65. The number of carboxylic acids is 1. The molecule has 31 heavy (non-hydrogen) atoms. The van der Waals surface area contributed by atoms with Crippen LogP contribution in [0.25, 0.3) is 22.0 Å². The van der Waals surface area contributed by atoms with E-state index in [1.807, 2.05) is 6.92 Å². The number of benzene rings is 1. The average Bonchev–Trinajstić information content (AvgIpc) is 3.45. The SMILES string of the molecule is CCNc1ncc(-c2c(F)cc3c(=O)c(C(=O)O)cn(C4C[C@@H]4F)c3c2OC)cc1Cl. The molecule has 4 rings (SSSR count). The molecule has 7 nitrogen and oxygen atoms in total. The maximum atomic E-state index is 15.2. The Balaban J connectivity index is 2.06. The van der Waals surface area contributed by atoms with Crippen LogP contribution in [0.2, 0.25) is 5.02 Å². The topological polar surface area (TPSA) is 93.5 Å². The number of anilines is 1. The normalized spacial score (nSPS) is 17.6. The lowest BCUT2D eigenvalue weighted by molar-refractivity contribution is 0.0694. The van der Waals surface area contributed by atoms with Gasteiger partial charge in [0.25, 0.3) is 0 Å². The number of aromatic carboxylic acids is 1. The standard InChI is InChI=1S/C21H18ClF2N3O4/c1-3-25-20-12(22)4-9(7-26-20)16-14(24)5-10-17(19(16)31-2)27(15-6-13(15)23)8-11(18(10)28)21(29)30/h4-5,7-8,13,15H,3,6H2,1-2H3,(H,25,26)(H,29,30)/t13-,15?/m0/s1. The quantitative estimate of drug-likeness (QED) is 0.583. The van der Waals surface area contributed by atoms with Gasteiger partial charge in [0, 0.05) is 30.9 Å². The lowest BCUT2D eigenvalue weighted by atomic mass is 10.0. The number of halogens is 3. The molecule has 1 aliphatic rings. The molecule has 2 aromatic heterocycles. The zero-order chi connectivity index (χ0) is 22.4. The highest BCUT2D eigenvalue weighted by Crippen LogP contribution is 2.45. The number of nitrogens with one attached hydrogen (secondary N) is 1. The van der Waals surface area contributed by atoms with Gasteiger partial charge in [-0.15, -0.1) is 0 Å². The summed E-state index contributed by atoms with van der Waals surface area (Å²) in [5.74, 6) is -1.90. The minimum Gasteiger partial charge on any atom is -0.494 e. The molecule has 0 saturated heterocycles. The van der Waals surface area contributed by atoms with Gasteiger partial charge in [-0.3, -0.25) is 4.79 Å². The van der Waals surface area contributed by atoms with Crippen molar-refractivity contribution in [3.8, 4) is 16.9 Å². The van der Waals surface area contributed by atoms with Gasteiger partial charge in [0.15, 0.2) is 5.75 Å². The van der Waals surface area contributed by atoms with E-state index < -0.39 is 35.0 Å². The first-order valence-corrected chi connectivity index (χ1v) is 9.88. The van der Waals surface area contributed by atoms with Crippen molar-refractivity contribution in [2.45, 2.75) is 25.6 Å². The molecule has 0 amide bonds. The van der Waals surface area contributed by atoms with Crippen LogP contribution in [0.15, 0.2) is 29.3 Å². The van der Waals surface area contributed by atoms with Crippen molar-refractivity contribution in [2.75, 3.05) is 19.0 Å². The first-order chi connectivity index (χ1) is 14.8. The highest BCUT2D eigenvalue weighted by molar-refractivity contribution is 6.33. The van der Waals surface area contributed by atoms with Crippen molar-refractivity contribution in [3.05, 3.63) is 51.2 Å². The number of pyridine rings is 2. The summed E-state index contributed by atoms with van der Waals surface area (Å²) in [6.07, 6.45) is 1.43. The van der Waals surface area contributed by atoms with Gasteiger partial charge in [-0.1, -0.05) is 11.6 Å². The first-order valence-electron chi connectivity index (χ1n) is 9.50. The second-order valence-electron chi connectivity index (χ2n) is 7.15.